The van der Waals surface area contributed by atoms with Crippen LogP contribution in [0, 0.1) is 13.8 Å². The van der Waals surface area contributed by atoms with Crippen molar-refractivity contribution in [3.05, 3.63) is 45.3 Å². The summed E-state index contributed by atoms with van der Waals surface area (Å²) in [5.74, 6) is 1.88. The van der Waals surface area contributed by atoms with Crippen molar-refractivity contribution in [2.75, 3.05) is 0 Å². The van der Waals surface area contributed by atoms with Crippen molar-refractivity contribution in [2.45, 2.75) is 24.8 Å². The molecule has 4 rings (SSSR count). The van der Waals surface area contributed by atoms with Crippen LogP contribution in [0.5, 0.6) is 0 Å². The summed E-state index contributed by atoms with van der Waals surface area (Å²) in [7, 11) is 0. The van der Waals surface area contributed by atoms with Crippen molar-refractivity contribution in [1.29, 1.82) is 0 Å². The van der Waals surface area contributed by atoms with E-state index in [4.69, 9.17) is 8.83 Å². The van der Waals surface area contributed by atoms with Gasteiger partial charge in [0.05, 0.1) is 22.0 Å². The topological polar surface area (TPSA) is 90.7 Å². The van der Waals surface area contributed by atoms with Gasteiger partial charge in [-0.1, -0.05) is 23.9 Å². The van der Waals surface area contributed by atoms with Gasteiger partial charge in [0.15, 0.2) is 0 Å². The van der Waals surface area contributed by atoms with Crippen LogP contribution >= 0.6 is 39.0 Å². The van der Waals surface area contributed by atoms with Crippen molar-refractivity contribution >= 4 is 39.0 Å². The zero-order chi connectivity index (χ0) is 18.1. The van der Waals surface area contributed by atoms with Crippen LogP contribution in [0.4, 0.5) is 0 Å². The average molecular weight is 450 g/mol. The Hall–Kier alpha value is -2.04. The van der Waals surface area contributed by atoms with Gasteiger partial charge in [0.1, 0.15) is 4.88 Å². The lowest BCUT2D eigenvalue weighted by atomic mass is 10.2. The monoisotopic (exact) mass is 449 g/mol. The van der Waals surface area contributed by atoms with Crippen LogP contribution in [0.25, 0.3) is 22.2 Å². The van der Waals surface area contributed by atoms with Crippen LogP contribution in [-0.2, 0) is 5.75 Å². The van der Waals surface area contributed by atoms with Crippen molar-refractivity contribution in [3.8, 4) is 22.2 Å². The first kappa shape index (κ1) is 17.4. The van der Waals surface area contributed by atoms with Crippen LogP contribution in [-0.4, -0.2) is 25.4 Å². The second kappa shape index (κ2) is 7.29. The molecule has 0 saturated heterocycles. The van der Waals surface area contributed by atoms with Crippen LogP contribution in [0.15, 0.2) is 42.8 Å². The molecule has 10 heteroatoms. The highest BCUT2D eigenvalue weighted by molar-refractivity contribution is 9.10. The molecular formula is C16H12BrN5O2S2. The molecule has 3 heterocycles. The standard InChI is InChI=1S/C16H12BrN5O2S2/c1-8-13(26-9(2)18-8)15-21-22-16(24-15)25-7-12-19-20-14(23-12)10-5-3-4-6-11(10)17/h3-6H,7H2,1-2H3. The van der Waals surface area contributed by atoms with E-state index in [1.54, 1.807) is 0 Å². The van der Waals surface area contributed by atoms with Crippen LogP contribution in [0.3, 0.4) is 0 Å². The zero-order valence-electron chi connectivity index (χ0n) is 13.8. The molecule has 0 atom stereocenters. The second-order valence-corrected chi connectivity index (χ2v) is 8.27. The number of halogens is 1. The Kier molecular flexibility index (Phi) is 4.88. The Morgan fingerprint density at radius 3 is 2.62 bits per heavy atom. The molecule has 0 aliphatic carbocycles. The van der Waals surface area contributed by atoms with Gasteiger partial charge >= 0.3 is 0 Å². The Labute approximate surface area is 165 Å². The van der Waals surface area contributed by atoms with Crippen molar-refractivity contribution in [3.63, 3.8) is 0 Å². The number of aryl methyl sites for hydroxylation is 2. The minimum Gasteiger partial charge on any atom is -0.420 e. The Morgan fingerprint density at radius 1 is 1.04 bits per heavy atom. The summed E-state index contributed by atoms with van der Waals surface area (Å²) >= 11 is 6.37. The highest BCUT2D eigenvalue weighted by atomic mass is 79.9. The van der Waals surface area contributed by atoms with E-state index >= 15 is 0 Å². The minimum atomic E-state index is 0.444. The molecule has 0 aliphatic heterocycles. The van der Waals surface area contributed by atoms with Crippen LogP contribution < -0.4 is 0 Å². The molecule has 26 heavy (non-hydrogen) atoms. The molecule has 4 aromatic rings. The molecule has 132 valence electrons. The molecule has 0 aliphatic rings. The maximum absolute atomic E-state index is 5.72. The number of rotatable bonds is 5. The number of nitrogens with zero attached hydrogens (tertiary/aromatic N) is 5. The minimum absolute atomic E-state index is 0.444. The van der Waals surface area contributed by atoms with E-state index in [0.717, 1.165) is 25.6 Å². The molecule has 0 unspecified atom stereocenters. The SMILES string of the molecule is Cc1nc(C)c(-c2nnc(SCc3nnc(-c4ccccc4Br)o3)o2)s1. The van der Waals surface area contributed by atoms with Gasteiger partial charge in [0, 0.05) is 4.47 Å². The quantitative estimate of drug-likeness (QED) is 0.396. The third kappa shape index (κ3) is 3.57. The van der Waals surface area contributed by atoms with Crippen LogP contribution in [0.1, 0.15) is 16.6 Å². The number of benzene rings is 1. The summed E-state index contributed by atoms with van der Waals surface area (Å²) in [4.78, 5) is 5.27. The van der Waals surface area contributed by atoms with E-state index < -0.39 is 0 Å². The van der Waals surface area contributed by atoms with Crippen molar-refractivity contribution in [1.82, 2.24) is 25.4 Å². The molecule has 0 radical (unpaired) electrons. The highest BCUT2D eigenvalue weighted by Crippen LogP contribution is 2.32. The molecule has 0 fully saturated rings. The summed E-state index contributed by atoms with van der Waals surface area (Å²) < 4.78 is 12.3. The second-order valence-electron chi connectivity index (χ2n) is 5.29. The lowest BCUT2D eigenvalue weighted by Gasteiger charge is -1.97. The maximum Gasteiger partial charge on any atom is 0.277 e. The molecule has 0 amide bonds. The number of hydrogen-bond donors (Lipinski definition) is 0. The zero-order valence-corrected chi connectivity index (χ0v) is 17.0. The molecule has 0 N–H and O–H groups in total. The third-order valence-corrected chi connectivity index (χ3v) is 5.95. The average Bonchev–Trinajstić information content (AvgIpc) is 3.33. The molecule has 0 saturated carbocycles. The molecule has 0 spiro atoms. The van der Waals surface area contributed by atoms with Crippen molar-refractivity contribution < 1.29 is 8.83 Å². The number of thiazole rings is 1. The fraction of sp³-hybridized carbons (Fsp3) is 0.188. The number of thioether (sulfide) groups is 1. The fourth-order valence-electron chi connectivity index (χ4n) is 2.27. The van der Waals surface area contributed by atoms with E-state index in [1.807, 2.05) is 38.1 Å². The first-order valence-corrected chi connectivity index (χ1v) is 10.2. The van der Waals surface area contributed by atoms with Gasteiger partial charge in [-0.2, -0.15) is 0 Å². The summed E-state index contributed by atoms with van der Waals surface area (Å²) in [5, 5.41) is 17.7. The highest BCUT2D eigenvalue weighted by Gasteiger charge is 2.17. The lowest BCUT2D eigenvalue weighted by molar-refractivity contribution is 0.465. The molecule has 1 aromatic carbocycles. The summed E-state index contributed by atoms with van der Waals surface area (Å²) in [6.07, 6.45) is 0. The summed E-state index contributed by atoms with van der Waals surface area (Å²) in [6.45, 7) is 3.88. The largest absolute Gasteiger partial charge is 0.420 e. The normalized spacial score (nSPS) is 11.2. The maximum atomic E-state index is 5.72. The summed E-state index contributed by atoms with van der Waals surface area (Å²) in [5.41, 5.74) is 1.75. The predicted molar refractivity (Wildman–Crippen MR) is 102 cm³/mol. The Balaban J connectivity index is 1.46. The van der Waals surface area contributed by atoms with E-state index in [2.05, 4.69) is 41.3 Å². The van der Waals surface area contributed by atoms with Gasteiger partial charge in [0.2, 0.25) is 11.8 Å². The molecule has 0 bridgehead atoms. The molecular weight excluding hydrogens is 438 g/mol. The predicted octanol–water partition coefficient (Wildman–Crippen LogP) is 4.91. The lowest BCUT2D eigenvalue weighted by Crippen LogP contribution is -1.80. The Morgan fingerprint density at radius 2 is 1.85 bits per heavy atom. The molecule has 7 nitrogen and oxygen atoms in total. The van der Waals surface area contributed by atoms with Gasteiger partial charge in [-0.25, -0.2) is 4.98 Å². The number of hydrogen-bond acceptors (Lipinski definition) is 9. The van der Waals surface area contributed by atoms with E-state index in [-0.39, 0.29) is 0 Å². The Bertz CT molecular complexity index is 1060. The third-order valence-electron chi connectivity index (χ3n) is 3.39. The fourth-order valence-corrected chi connectivity index (χ4v) is 4.16. The van der Waals surface area contributed by atoms with E-state index in [9.17, 15) is 0 Å². The smallest absolute Gasteiger partial charge is 0.277 e. The number of aromatic nitrogens is 5. The van der Waals surface area contributed by atoms with E-state index in [1.165, 1.54) is 23.1 Å². The van der Waals surface area contributed by atoms with Gasteiger partial charge in [-0.15, -0.1) is 31.7 Å². The van der Waals surface area contributed by atoms with Crippen molar-refractivity contribution in [2.24, 2.45) is 0 Å². The first-order chi connectivity index (χ1) is 12.6. The van der Waals surface area contributed by atoms with Gasteiger partial charge in [-0.3, -0.25) is 0 Å². The van der Waals surface area contributed by atoms with Gasteiger partial charge in [-0.05, 0) is 41.9 Å². The summed E-state index contributed by atoms with van der Waals surface area (Å²) in [6, 6.07) is 7.69. The van der Waals surface area contributed by atoms with Gasteiger partial charge < -0.3 is 8.83 Å². The van der Waals surface area contributed by atoms with Crippen LogP contribution in [0.2, 0.25) is 0 Å². The van der Waals surface area contributed by atoms with E-state index in [0.29, 0.717) is 28.6 Å². The molecule has 3 aromatic heterocycles. The van der Waals surface area contributed by atoms with Gasteiger partial charge in [0.25, 0.3) is 11.1 Å². The first-order valence-electron chi connectivity index (χ1n) is 7.58.